The van der Waals surface area contributed by atoms with Crippen molar-refractivity contribution >= 4 is 16.1 Å². The molecule has 1 amide bonds. The summed E-state index contributed by atoms with van der Waals surface area (Å²) in [7, 11) is 1.22. The zero-order chi connectivity index (χ0) is 19.9. The summed E-state index contributed by atoms with van der Waals surface area (Å²) >= 11 is 0. The molecule has 0 bridgehead atoms. The molecule has 0 unspecified atom stereocenters. The fourth-order valence-electron chi connectivity index (χ4n) is 3.29. The van der Waals surface area contributed by atoms with Crippen molar-refractivity contribution in [1.82, 2.24) is 14.3 Å². The molecular weight excluding hydrogens is 366 g/mol. The minimum atomic E-state index is -3.44. The van der Waals surface area contributed by atoms with Crippen LogP contribution in [0.15, 0.2) is 24.3 Å². The molecule has 1 fully saturated rings. The van der Waals surface area contributed by atoms with Crippen molar-refractivity contribution in [1.29, 1.82) is 0 Å². The molecule has 1 aromatic rings. The van der Waals surface area contributed by atoms with Gasteiger partial charge in [0.2, 0.25) is 5.91 Å². The molecule has 0 saturated heterocycles. The van der Waals surface area contributed by atoms with E-state index in [9.17, 15) is 13.2 Å². The van der Waals surface area contributed by atoms with Gasteiger partial charge < -0.3 is 10.1 Å². The van der Waals surface area contributed by atoms with E-state index in [1.807, 2.05) is 24.3 Å². The number of methoxy groups -OCH3 is 1. The fourth-order valence-corrected chi connectivity index (χ4v) is 4.14. The summed E-state index contributed by atoms with van der Waals surface area (Å²) in [6.07, 6.45) is 5.32. The van der Waals surface area contributed by atoms with Crippen molar-refractivity contribution in [3.8, 4) is 5.75 Å². The predicted molar refractivity (Wildman–Crippen MR) is 106 cm³/mol. The number of carbonyl (C=O) groups excluding carboxylic acids is 1. The molecule has 0 aromatic heterocycles. The summed E-state index contributed by atoms with van der Waals surface area (Å²) in [5.41, 5.74) is 1.18. The average molecular weight is 398 g/mol. The third-order valence-corrected chi connectivity index (χ3v) is 6.46. The Bertz CT molecular complexity index is 704. The maximum absolute atomic E-state index is 12.2. The van der Waals surface area contributed by atoms with Crippen LogP contribution in [0.5, 0.6) is 5.75 Å². The Balaban J connectivity index is 1.73. The van der Waals surface area contributed by atoms with Crippen LogP contribution in [0.3, 0.4) is 0 Å². The Morgan fingerprint density at radius 1 is 1.19 bits per heavy atom. The lowest BCUT2D eigenvalue weighted by Crippen LogP contribution is -2.48. The minimum Gasteiger partial charge on any atom is -0.497 e. The molecule has 152 valence electrons. The lowest BCUT2D eigenvalue weighted by Gasteiger charge is -2.30. The third-order valence-electron chi connectivity index (χ3n) is 4.86. The van der Waals surface area contributed by atoms with Crippen LogP contribution in [0.25, 0.3) is 0 Å². The molecule has 0 heterocycles. The number of aryl methyl sites for hydroxylation is 1. The Hall–Kier alpha value is -1.64. The van der Waals surface area contributed by atoms with Gasteiger partial charge in [-0.1, -0.05) is 12.1 Å². The van der Waals surface area contributed by atoms with Crippen LogP contribution < -0.4 is 14.8 Å². The van der Waals surface area contributed by atoms with E-state index in [1.165, 1.54) is 24.0 Å². The normalized spacial score (nSPS) is 20.4. The first-order valence-corrected chi connectivity index (χ1v) is 10.9. The summed E-state index contributed by atoms with van der Waals surface area (Å²) in [6.45, 7) is 0. The summed E-state index contributed by atoms with van der Waals surface area (Å²) in [5, 5.41) is 3.06. The fraction of sp³-hybridized carbons (Fsp3) is 0.632. The van der Waals surface area contributed by atoms with Crippen LogP contribution in [0.1, 0.15) is 44.1 Å². The predicted octanol–water partition coefficient (Wildman–Crippen LogP) is 1.84. The number of ether oxygens (including phenoxy) is 1. The maximum Gasteiger partial charge on any atom is 0.279 e. The summed E-state index contributed by atoms with van der Waals surface area (Å²) in [6, 6.07) is 7.77. The van der Waals surface area contributed by atoms with Gasteiger partial charge in [-0.25, -0.2) is 0 Å². The number of hydrogen-bond acceptors (Lipinski definition) is 4. The maximum atomic E-state index is 12.2. The van der Waals surface area contributed by atoms with Crippen molar-refractivity contribution in [2.24, 2.45) is 0 Å². The smallest absolute Gasteiger partial charge is 0.279 e. The molecule has 1 aromatic carbocycles. The Morgan fingerprint density at radius 3 is 2.48 bits per heavy atom. The Kier molecular flexibility index (Phi) is 8.07. The lowest BCUT2D eigenvalue weighted by atomic mass is 9.91. The van der Waals surface area contributed by atoms with Gasteiger partial charge in [0.25, 0.3) is 10.2 Å². The van der Waals surface area contributed by atoms with Gasteiger partial charge in [-0.3, -0.25) is 4.79 Å². The SMILES string of the molecule is COc1ccc(CCCC(=O)N[C@@H]2CCC[C@@H](NS(=O)(=O)N(C)C)C2)cc1. The average Bonchev–Trinajstić information content (AvgIpc) is 2.62. The van der Waals surface area contributed by atoms with Gasteiger partial charge in [0, 0.05) is 32.6 Å². The van der Waals surface area contributed by atoms with Crippen molar-refractivity contribution in [2.75, 3.05) is 21.2 Å². The molecule has 8 heteroatoms. The molecule has 0 aliphatic heterocycles. The van der Waals surface area contributed by atoms with E-state index in [0.717, 1.165) is 37.9 Å². The first kappa shape index (κ1) is 21.7. The zero-order valence-electron chi connectivity index (χ0n) is 16.4. The first-order valence-electron chi connectivity index (χ1n) is 9.42. The van der Waals surface area contributed by atoms with E-state index in [4.69, 9.17) is 4.74 Å². The van der Waals surface area contributed by atoms with E-state index in [0.29, 0.717) is 12.8 Å². The van der Waals surface area contributed by atoms with Gasteiger partial charge >= 0.3 is 0 Å². The van der Waals surface area contributed by atoms with Gasteiger partial charge in [0.15, 0.2) is 0 Å². The second-order valence-corrected chi connectivity index (χ2v) is 9.15. The van der Waals surface area contributed by atoms with Crippen molar-refractivity contribution in [3.05, 3.63) is 29.8 Å². The molecule has 0 radical (unpaired) electrons. The van der Waals surface area contributed by atoms with Crippen LogP contribution in [0.4, 0.5) is 0 Å². The Morgan fingerprint density at radius 2 is 1.85 bits per heavy atom. The second-order valence-electron chi connectivity index (χ2n) is 7.23. The Labute approximate surface area is 162 Å². The van der Waals surface area contributed by atoms with Crippen molar-refractivity contribution < 1.29 is 17.9 Å². The summed E-state index contributed by atoms with van der Waals surface area (Å²) in [5.74, 6) is 0.859. The standard InChI is InChI=1S/C19H31N3O4S/c1-22(2)27(24,25)21-17-8-5-7-16(14-17)20-19(23)9-4-6-15-10-12-18(26-3)13-11-15/h10-13,16-17,21H,4-9,14H2,1-3H3,(H,20,23)/t16-,17-/m1/s1. The number of rotatable bonds is 9. The molecule has 0 spiro atoms. The molecule has 2 N–H and O–H groups in total. The highest BCUT2D eigenvalue weighted by Crippen LogP contribution is 2.20. The van der Waals surface area contributed by atoms with Crippen LogP contribution in [0.2, 0.25) is 0 Å². The number of nitrogens with zero attached hydrogens (tertiary/aromatic N) is 1. The summed E-state index contributed by atoms with van der Waals surface area (Å²) in [4.78, 5) is 12.2. The van der Waals surface area contributed by atoms with Crippen LogP contribution in [-0.2, 0) is 21.4 Å². The van der Waals surface area contributed by atoms with Crippen molar-refractivity contribution in [2.45, 2.75) is 57.0 Å². The van der Waals surface area contributed by atoms with Gasteiger partial charge in [0.05, 0.1) is 7.11 Å². The van der Waals surface area contributed by atoms with Gasteiger partial charge in [-0.2, -0.15) is 17.4 Å². The molecule has 7 nitrogen and oxygen atoms in total. The molecule has 1 aliphatic carbocycles. The minimum absolute atomic E-state index is 0.0297. The lowest BCUT2D eigenvalue weighted by molar-refractivity contribution is -0.122. The molecular formula is C19H31N3O4S. The second kappa shape index (κ2) is 10.1. The van der Waals surface area contributed by atoms with Gasteiger partial charge in [-0.05, 0) is 56.2 Å². The highest BCUT2D eigenvalue weighted by molar-refractivity contribution is 7.87. The topological polar surface area (TPSA) is 87.7 Å². The number of carbonyl (C=O) groups is 1. The number of nitrogens with one attached hydrogen (secondary N) is 2. The van der Waals surface area contributed by atoms with Crippen LogP contribution in [-0.4, -0.2) is 51.9 Å². The summed E-state index contributed by atoms with van der Waals surface area (Å²) < 4.78 is 32.9. The largest absolute Gasteiger partial charge is 0.497 e. The molecule has 2 atom stereocenters. The highest BCUT2D eigenvalue weighted by Gasteiger charge is 2.27. The zero-order valence-corrected chi connectivity index (χ0v) is 17.2. The first-order chi connectivity index (χ1) is 12.8. The van der Waals surface area contributed by atoms with Gasteiger partial charge in [0.1, 0.15) is 5.75 Å². The number of benzene rings is 1. The highest BCUT2D eigenvalue weighted by atomic mass is 32.2. The molecule has 27 heavy (non-hydrogen) atoms. The van der Waals surface area contributed by atoms with E-state index in [1.54, 1.807) is 7.11 Å². The van der Waals surface area contributed by atoms with Crippen molar-refractivity contribution in [3.63, 3.8) is 0 Å². The monoisotopic (exact) mass is 397 g/mol. The molecule has 2 rings (SSSR count). The molecule has 1 saturated carbocycles. The van der Waals surface area contributed by atoms with Crippen LogP contribution >= 0.6 is 0 Å². The molecule has 1 aliphatic rings. The van der Waals surface area contributed by atoms with Crippen LogP contribution in [0, 0.1) is 0 Å². The van der Waals surface area contributed by atoms with Gasteiger partial charge in [-0.15, -0.1) is 0 Å². The van der Waals surface area contributed by atoms with E-state index < -0.39 is 10.2 Å². The quantitative estimate of drug-likeness (QED) is 0.666. The number of amides is 1. The van der Waals surface area contributed by atoms with E-state index in [-0.39, 0.29) is 18.0 Å². The number of hydrogen-bond donors (Lipinski definition) is 2. The van der Waals surface area contributed by atoms with E-state index >= 15 is 0 Å². The van der Waals surface area contributed by atoms with E-state index in [2.05, 4.69) is 10.0 Å². The third kappa shape index (κ3) is 7.12.